The maximum atomic E-state index is 13.0. The molecule has 0 atom stereocenters. The van der Waals surface area contributed by atoms with Gasteiger partial charge in [-0.15, -0.1) is 0 Å². The van der Waals surface area contributed by atoms with E-state index < -0.39 is 11.2 Å². The van der Waals surface area contributed by atoms with Crippen LogP contribution in [0.15, 0.2) is 83.0 Å². The van der Waals surface area contributed by atoms with E-state index >= 15 is 0 Å². The third-order valence-corrected chi connectivity index (χ3v) is 4.58. The van der Waals surface area contributed by atoms with Gasteiger partial charge >= 0.3 is 5.69 Å². The number of benzene rings is 2. The van der Waals surface area contributed by atoms with E-state index in [9.17, 15) is 14.4 Å². The van der Waals surface area contributed by atoms with Crippen molar-refractivity contribution in [2.75, 3.05) is 10.6 Å². The molecule has 154 valence electrons. The molecular formula is C22H18N6O3. The van der Waals surface area contributed by atoms with Crippen molar-refractivity contribution in [3.63, 3.8) is 0 Å². The smallest absolute Gasteiger partial charge is 0.324 e. The summed E-state index contributed by atoms with van der Waals surface area (Å²) in [5.41, 5.74) is 0.722. The van der Waals surface area contributed by atoms with Gasteiger partial charge in [0.25, 0.3) is 5.56 Å². The van der Waals surface area contributed by atoms with Gasteiger partial charge in [-0.1, -0.05) is 30.8 Å². The Balaban J connectivity index is 1.91. The topological polar surface area (TPSA) is 111 Å². The largest absolute Gasteiger partial charge is 0.337 e. The number of hydrogen-bond acceptors (Lipinski definition) is 6. The Labute approximate surface area is 176 Å². The number of amides is 1. The molecule has 0 bridgehead atoms. The van der Waals surface area contributed by atoms with Gasteiger partial charge in [0.1, 0.15) is 5.39 Å². The van der Waals surface area contributed by atoms with Crippen LogP contribution in [0.2, 0.25) is 0 Å². The summed E-state index contributed by atoms with van der Waals surface area (Å²) < 4.78 is 2.29. The van der Waals surface area contributed by atoms with E-state index in [-0.39, 0.29) is 22.9 Å². The van der Waals surface area contributed by atoms with E-state index in [1.807, 2.05) is 30.3 Å². The number of para-hydroxylation sites is 1. The number of nitrogens with one attached hydrogen (secondary N) is 2. The molecule has 2 heterocycles. The van der Waals surface area contributed by atoms with E-state index in [1.54, 1.807) is 24.3 Å². The Bertz CT molecular complexity index is 1420. The zero-order chi connectivity index (χ0) is 22.0. The van der Waals surface area contributed by atoms with Crippen LogP contribution in [0.5, 0.6) is 0 Å². The Morgan fingerprint density at radius 3 is 2.55 bits per heavy atom. The van der Waals surface area contributed by atoms with Crippen molar-refractivity contribution >= 4 is 34.3 Å². The summed E-state index contributed by atoms with van der Waals surface area (Å²) >= 11 is 0. The van der Waals surface area contributed by atoms with Crippen LogP contribution in [0, 0.1) is 0 Å². The zero-order valence-corrected chi connectivity index (χ0v) is 16.6. The molecule has 0 unspecified atom stereocenters. The molecule has 0 radical (unpaired) electrons. The third kappa shape index (κ3) is 3.84. The van der Waals surface area contributed by atoms with Gasteiger partial charge in [-0.25, -0.2) is 14.3 Å². The van der Waals surface area contributed by atoms with Crippen LogP contribution in [0.4, 0.5) is 17.3 Å². The molecule has 0 spiro atoms. The average Bonchev–Trinajstić information content (AvgIpc) is 2.78. The number of fused-ring (bicyclic) bond motifs is 1. The first-order valence-electron chi connectivity index (χ1n) is 9.32. The van der Waals surface area contributed by atoms with Crippen LogP contribution in [0.3, 0.4) is 0 Å². The normalized spacial score (nSPS) is 10.6. The number of aromatic nitrogens is 4. The van der Waals surface area contributed by atoms with Crippen LogP contribution in [0.25, 0.3) is 16.7 Å². The summed E-state index contributed by atoms with van der Waals surface area (Å²) in [4.78, 5) is 46.0. The van der Waals surface area contributed by atoms with Gasteiger partial charge in [0.05, 0.1) is 5.69 Å². The highest BCUT2D eigenvalue weighted by molar-refractivity contribution is 5.99. The second kappa shape index (κ2) is 8.07. The molecule has 0 aliphatic rings. The summed E-state index contributed by atoms with van der Waals surface area (Å²) in [5.74, 6) is -0.150. The van der Waals surface area contributed by atoms with Gasteiger partial charge in [-0.2, -0.15) is 4.98 Å². The standard InChI is InChI=1S/C22H18N6O3/c1-3-18(29)24-15-10-7-11-16(12-15)28-19-17(20(30)27(2)22(28)31)13-23-21(26-19)25-14-8-5-4-6-9-14/h3-13H,1H2,2H3,(H,24,29)(H,23,25,26). The van der Waals surface area contributed by atoms with Crippen molar-refractivity contribution in [2.45, 2.75) is 0 Å². The van der Waals surface area contributed by atoms with Crippen molar-refractivity contribution < 1.29 is 4.79 Å². The van der Waals surface area contributed by atoms with Crippen molar-refractivity contribution in [2.24, 2.45) is 7.05 Å². The fourth-order valence-electron chi connectivity index (χ4n) is 3.06. The first-order valence-corrected chi connectivity index (χ1v) is 9.32. The average molecular weight is 414 g/mol. The summed E-state index contributed by atoms with van der Waals surface area (Å²) in [7, 11) is 1.39. The van der Waals surface area contributed by atoms with Gasteiger partial charge in [-0.3, -0.25) is 14.2 Å². The van der Waals surface area contributed by atoms with Gasteiger partial charge < -0.3 is 10.6 Å². The highest BCUT2D eigenvalue weighted by Crippen LogP contribution is 2.18. The van der Waals surface area contributed by atoms with Gasteiger partial charge in [0, 0.05) is 24.6 Å². The van der Waals surface area contributed by atoms with Crippen LogP contribution >= 0.6 is 0 Å². The fraction of sp³-hybridized carbons (Fsp3) is 0.0455. The molecule has 31 heavy (non-hydrogen) atoms. The number of nitrogens with zero attached hydrogens (tertiary/aromatic N) is 4. The molecule has 1 amide bonds. The maximum Gasteiger partial charge on any atom is 0.337 e. The number of anilines is 3. The first kappa shape index (κ1) is 19.8. The van der Waals surface area contributed by atoms with E-state index in [4.69, 9.17) is 0 Å². The molecule has 4 aromatic rings. The van der Waals surface area contributed by atoms with Gasteiger partial charge in [-0.05, 0) is 36.4 Å². The quantitative estimate of drug-likeness (QED) is 0.485. The lowest BCUT2D eigenvalue weighted by atomic mass is 10.2. The Morgan fingerprint density at radius 2 is 1.81 bits per heavy atom. The summed E-state index contributed by atoms with van der Waals surface area (Å²) in [5, 5.41) is 5.89. The van der Waals surface area contributed by atoms with Gasteiger partial charge in [0.15, 0.2) is 5.65 Å². The molecule has 2 aromatic heterocycles. The SMILES string of the molecule is C=CC(=O)Nc1cccc(-n2c(=O)n(C)c(=O)c3cnc(Nc4ccccc4)nc32)c1. The number of carbonyl (C=O) groups excluding carboxylic acids is 1. The molecule has 2 N–H and O–H groups in total. The molecule has 9 nitrogen and oxygen atoms in total. The maximum absolute atomic E-state index is 13.0. The number of hydrogen-bond donors (Lipinski definition) is 2. The lowest BCUT2D eigenvalue weighted by molar-refractivity contribution is -0.111. The third-order valence-electron chi connectivity index (χ3n) is 4.58. The minimum atomic E-state index is -0.575. The lowest BCUT2D eigenvalue weighted by Gasteiger charge is -2.13. The highest BCUT2D eigenvalue weighted by atomic mass is 16.2. The van der Waals surface area contributed by atoms with Gasteiger partial charge in [0.2, 0.25) is 11.9 Å². The Hall–Kier alpha value is -4.53. The lowest BCUT2D eigenvalue weighted by Crippen LogP contribution is -2.38. The van der Waals surface area contributed by atoms with Crippen LogP contribution < -0.4 is 21.9 Å². The molecule has 0 saturated carbocycles. The van der Waals surface area contributed by atoms with Crippen molar-refractivity contribution in [1.29, 1.82) is 0 Å². The molecule has 0 saturated heterocycles. The van der Waals surface area contributed by atoms with Crippen LogP contribution in [-0.4, -0.2) is 25.0 Å². The molecule has 0 fully saturated rings. The minimum absolute atomic E-state index is 0.147. The zero-order valence-electron chi connectivity index (χ0n) is 16.6. The van der Waals surface area contributed by atoms with Crippen molar-refractivity contribution in [3.8, 4) is 5.69 Å². The first-order chi connectivity index (χ1) is 15.0. The van der Waals surface area contributed by atoms with Crippen molar-refractivity contribution in [3.05, 3.63) is 94.3 Å². The molecular weight excluding hydrogens is 396 g/mol. The minimum Gasteiger partial charge on any atom is -0.324 e. The van der Waals surface area contributed by atoms with Crippen molar-refractivity contribution in [1.82, 2.24) is 19.1 Å². The van der Waals surface area contributed by atoms with E-state index in [0.717, 1.165) is 16.3 Å². The Morgan fingerprint density at radius 1 is 1.06 bits per heavy atom. The Kier molecular flexibility index (Phi) is 5.15. The molecule has 0 aliphatic heterocycles. The van der Waals surface area contributed by atoms with Crippen LogP contribution in [-0.2, 0) is 11.8 Å². The predicted molar refractivity (Wildman–Crippen MR) is 119 cm³/mol. The molecule has 0 aliphatic carbocycles. The van der Waals surface area contributed by atoms with E-state index in [2.05, 4.69) is 27.2 Å². The fourth-order valence-corrected chi connectivity index (χ4v) is 3.06. The second-order valence-corrected chi connectivity index (χ2v) is 6.65. The number of carbonyl (C=O) groups is 1. The molecule has 9 heteroatoms. The summed E-state index contributed by atoms with van der Waals surface area (Å²) in [6, 6.07) is 15.9. The van der Waals surface area contributed by atoms with Crippen LogP contribution in [0.1, 0.15) is 0 Å². The summed E-state index contributed by atoms with van der Waals surface area (Å²) in [6.07, 6.45) is 2.53. The molecule has 2 aromatic carbocycles. The molecule has 4 rings (SSSR count). The van der Waals surface area contributed by atoms with E-state index in [1.165, 1.54) is 17.8 Å². The van der Waals surface area contributed by atoms with E-state index in [0.29, 0.717) is 11.4 Å². The second-order valence-electron chi connectivity index (χ2n) is 6.65. The predicted octanol–water partition coefficient (Wildman–Crippen LogP) is 2.35. The highest BCUT2D eigenvalue weighted by Gasteiger charge is 2.16. The summed E-state index contributed by atoms with van der Waals surface area (Å²) in [6.45, 7) is 3.43. The number of rotatable bonds is 5. The monoisotopic (exact) mass is 414 g/mol.